The van der Waals surface area contributed by atoms with E-state index in [1.807, 2.05) is 0 Å². The Morgan fingerprint density at radius 2 is 2.20 bits per heavy atom. The maximum atomic E-state index is 13.0. The van der Waals surface area contributed by atoms with Gasteiger partial charge in [0.1, 0.15) is 5.82 Å². The number of hydrogen-bond acceptors (Lipinski definition) is 3. The van der Waals surface area contributed by atoms with E-state index in [-0.39, 0.29) is 6.42 Å². The lowest BCUT2D eigenvalue weighted by Crippen LogP contribution is -2.08. The number of rotatable bonds is 3. The molecule has 0 aliphatic carbocycles. The smallest absolute Gasteiger partial charge is 0.308 e. The molecule has 1 aromatic rings. The summed E-state index contributed by atoms with van der Waals surface area (Å²) >= 11 is 0. The van der Waals surface area contributed by atoms with Crippen LogP contribution in [-0.4, -0.2) is 18.2 Å². The Morgan fingerprint density at radius 3 is 2.73 bits per heavy atom. The van der Waals surface area contributed by atoms with E-state index in [4.69, 9.17) is 0 Å². The standard InChI is InChI=1S/C11H13FO3/c1-7-3-8(5-9(12)4-7)10(13)6-11(14)15-2/h3-5,10,13H,6H2,1-2H3/t10-/m1/s1. The van der Waals surface area contributed by atoms with Gasteiger partial charge in [-0.1, -0.05) is 6.07 Å². The molecule has 0 bridgehead atoms. The molecule has 4 heteroatoms. The molecule has 0 aliphatic heterocycles. The van der Waals surface area contributed by atoms with Gasteiger partial charge >= 0.3 is 5.97 Å². The topological polar surface area (TPSA) is 46.5 Å². The van der Waals surface area contributed by atoms with Gasteiger partial charge in [-0.2, -0.15) is 0 Å². The van der Waals surface area contributed by atoms with E-state index < -0.39 is 17.9 Å². The highest BCUT2D eigenvalue weighted by Crippen LogP contribution is 2.19. The van der Waals surface area contributed by atoms with Gasteiger partial charge in [-0.3, -0.25) is 4.79 Å². The van der Waals surface area contributed by atoms with Crippen molar-refractivity contribution in [2.45, 2.75) is 19.4 Å². The van der Waals surface area contributed by atoms with Gasteiger partial charge in [0, 0.05) is 0 Å². The van der Waals surface area contributed by atoms with E-state index in [0.717, 1.165) is 0 Å². The molecule has 1 atom stereocenters. The highest BCUT2D eigenvalue weighted by atomic mass is 19.1. The molecule has 3 nitrogen and oxygen atoms in total. The van der Waals surface area contributed by atoms with Crippen molar-refractivity contribution in [1.29, 1.82) is 0 Å². The number of halogens is 1. The lowest BCUT2D eigenvalue weighted by molar-refractivity contribution is -0.142. The number of aryl methyl sites for hydroxylation is 1. The zero-order valence-electron chi connectivity index (χ0n) is 8.66. The summed E-state index contributed by atoms with van der Waals surface area (Å²) in [4.78, 5) is 10.9. The Balaban J connectivity index is 2.81. The fourth-order valence-electron chi connectivity index (χ4n) is 1.32. The molecule has 0 heterocycles. The van der Waals surface area contributed by atoms with Crippen LogP contribution >= 0.6 is 0 Å². The zero-order valence-corrected chi connectivity index (χ0v) is 8.66. The van der Waals surface area contributed by atoms with Crippen LogP contribution in [0.3, 0.4) is 0 Å². The Bertz CT molecular complexity index is 343. The Hall–Kier alpha value is -1.42. The van der Waals surface area contributed by atoms with Crippen molar-refractivity contribution in [3.63, 3.8) is 0 Å². The first-order valence-electron chi connectivity index (χ1n) is 4.55. The predicted octanol–water partition coefficient (Wildman–Crippen LogP) is 1.73. The van der Waals surface area contributed by atoms with Crippen molar-refractivity contribution in [2.75, 3.05) is 7.11 Å². The molecule has 15 heavy (non-hydrogen) atoms. The number of aliphatic hydroxyl groups excluding tert-OH is 1. The van der Waals surface area contributed by atoms with Crippen molar-refractivity contribution >= 4 is 5.97 Å². The van der Waals surface area contributed by atoms with Gasteiger partial charge in [0.2, 0.25) is 0 Å². The quantitative estimate of drug-likeness (QED) is 0.776. The zero-order chi connectivity index (χ0) is 11.4. The van der Waals surface area contributed by atoms with Gasteiger partial charge in [0.15, 0.2) is 0 Å². The number of carbonyl (C=O) groups excluding carboxylic acids is 1. The van der Waals surface area contributed by atoms with Crippen molar-refractivity contribution in [3.8, 4) is 0 Å². The molecule has 82 valence electrons. The van der Waals surface area contributed by atoms with Crippen molar-refractivity contribution in [1.82, 2.24) is 0 Å². The number of methoxy groups -OCH3 is 1. The Kier molecular flexibility index (Phi) is 3.80. The molecule has 0 aliphatic rings. The third-order valence-corrected chi connectivity index (χ3v) is 2.04. The molecular weight excluding hydrogens is 199 g/mol. The van der Waals surface area contributed by atoms with Crippen LogP contribution in [0, 0.1) is 12.7 Å². The molecule has 0 saturated carbocycles. The average molecular weight is 212 g/mol. The fourth-order valence-corrected chi connectivity index (χ4v) is 1.32. The summed E-state index contributed by atoms with van der Waals surface area (Å²) in [5, 5.41) is 9.60. The number of ether oxygens (including phenoxy) is 1. The minimum absolute atomic E-state index is 0.167. The van der Waals surface area contributed by atoms with E-state index in [2.05, 4.69) is 4.74 Å². The molecule has 0 spiro atoms. The van der Waals surface area contributed by atoms with Crippen molar-refractivity contribution in [3.05, 3.63) is 35.1 Å². The summed E-state index contributed by atoms with van der Waals surface area (Å²) in [6, 6.07) is 4.20. The van der Waals surface area contributed by atoms with Gasteiger partial charge in [-0.15, -0.1) is 0 Å². The third kappa shape index (κ3) is 3.32. The molecule has 1 N–H and O–H groups in total. The number of esters is 1. The normalized spacial score (nSPS) is 12.3. The first-order valence-corrected chi connectivity index (χ1v) is 4.55. The van der Waals surface area contributed by atoms with Gasteiger partial charge in [0.05, 0.1) is 19.6 Å². The first kappa shape index (κ1) is 11.7. The van der Waals surface area contributed by atoms with Crippen LogP contribution in [0.2, 0.25) is 0 Å². The Morgan fingerprint density at radius 1 is 1.53 bits per heavy atom. The molecular formula is C11H13FO3. The minimum atomic E-state index is -1.02. The predicted molar refractivity (Wildman–Crippen MR) is 52.7 cm³/mol. The highest BCUT2D eigenvalue weighted by Gasteiger charge is 2.14. The summed E-state index contributed by atoms with van der Waals surface area (Å²) < 4.78 is 17.4. The Labute approximate surface area is 87.5 Å². The summed E-state index contributed by atoms with van der Waals surface area (Å²) in [6.07, 6.45) is -1.19. The summed E-state index contributed by atoms with van der Waals surface area (Å²) in [5.74, 6) is -0.946. The van der Waals surface area contributed by atoms with Crippen LogP contribution in [0.1, 0.15) is 23.7 Å². The van der Waals surface area contributed by atoms with Crippen LogP contribution in [0.15, 0.2) is 18.2 Å². The summed E-state index contributed by atoms with van der Waals surface area (Å²) in [7, 11) is 1.24. The lowest BCUT2D eigenvalue weighted by Gasteiger charge is -2.10. The second-order valence-electron chi connectivity index (χ2n) is 3.36. The molecule has 0 saturated heterocycles. The van der Waals surface area contributed by atoms with Gasteiger partial charge in [-0.05, 0) is 30.2 Å². The summed E-state index contributed by atoms with van der Waals surface area (Å²) in [5.41, 5.74) is 1.09. The van der Waals surface area contributed by atoms with Crippen LogP contribution in [0.25, 0.3) is 0 Å². The lowest BCUT2D eigenvalue weighted by atomic mass is 10.0. The molecule has 0 unspecified atom stereocenters. The molecule has 0 aromatic heterocycles. The largest absolute Gasteiger partial charge is 0.469 e. The number of aliphatic hydroxyl groups is 1. The molecule has 1 rings (SSSR count). The highest BCUT2D eigenvalue weighted by molar-refractivity contribution is 5.70. The van der Waals surface area contributed by atoms with Crippen LogP contribution in [0.5, 0.6) is 0 Å². The van der Waals surface area contributed by atoms with E-state index in [9.17, 15) is 14.3 Å². The van der Waals surface area contributed by atoms with Gasteiger partial charge < -0.3 is 9.84 Å². The van der Waals surface area contributed by atoms with Gasteiger partial charge in [0.25, 0.3) is 0 Å². The van der Waals surface area contributed by atoms with Crippen LogP contribution < -0.4 is 0 Å². The van der Waals surface area contributed by atoms with E-state index in [1.54, 1.807) is 13.0 Å². The van der Waals surface area contributed by atoms with Crippen LogP contribution in [0.4, 0.5) is 4.39 Å². The number of hydrogen-bond donors (Lipinski definition) is 1. The first-order chi connectivity index (χ1) is 7.02. The number of benzene rings is 1. The second-order valence-corrected chi connectivity index (χ2v) is 3.36. The van der Waals surface area contributed by atoms with Crippen LogP contribution in [-0.2, 0) is 9.53 Å². The minimum Gasteiger partial charge on any atom is -0.469 e. The molecule has 0 amide bonds. The maximum Gasteiger partial charge on any atom is 0.308 e. The number of carbonyl (C=O) groups is 1. The monoisotopic (exact) mass is 212 g/mol. The fraction of sp³-hybridized carbons (Fsp3) is 0.364. The van der Waals surface area contributed by atoms with E-state index in [1.165, 1.54) is 19.2 Å². The molecule has 0 radical (unpaired) electrons. The molecule has 1 aromatic carbocycles. The van der Waals surface area contributed by atoms with E-state index >= 15 is 0 Å². The van der Waals surface area contributed by atoms with Crippen molar-refractivity contribution in [2.24, 2.45) is 0 Å². The average Bonchev–Trinajstić information content (AvgIpc) is 2.16. The van der Waals surface area contributed by atoms with Gasteiger partial charge in [-0.25, -0.2) is 4.39 Å². The van der Waals surface area contributed by atoms with Crippen molar-refractivity contribution < 1.29 is 19.0 Å². The maximum absolute atomic E-state index is 13.0. The summed E-state index contributed by atoms with van der Waals surface area (Å²) in [6.45, 7) is 1.72. The molecule has 0 fully saturated rings. The van der Waals surface area contributed by atoms with E-state index in [0.29, 0.717) is 11.1 Å². The SMILES string of the molecule is COC(=O)C[C@@H](O)c1cc(C)cc(F)c1. The second kappa shape index (κ2) is 4.89. The third-order valence-electron chi connectivity index (χ3n) is 2.04.